The summed E-state index contributed by atoms with van der Waals surface area (Å²) in [7, 11) is 0. The molecule has 0 saturated carbocycles. The van der Waals surface area contributed by atoms with Gasteiger partial charge in [0.15, 0.2) is 0 Å². The molecule has 3 aromatic heterocycles. The van der Waals surface area contributed by atoms with Gasteiger partial charge in [0.25, 0.3) is 0 Å². The first-order chi connectivity index (χ1) is 30.2. The zero-order chi connectivity index (χ0) is 40.0. The Morgan fingerprint density at radius 1 is 0.230 bits per heavy atom. The average Bonchev–Trinajstić information content (AvgIpc) is 4.04. The summed E-state index contributed by atoms with van der Waals surface area (Å²) in [5.41, 5.74) is 14.8. The monoisotopic (exact) mass is 778 g/mol. The maximum absolute atomic E-state index is 6.43. The zero-order valence-corrected chi connectivity index (χ0v) is 32.9. The first-order valence-electron chi connectivity index (χ1n) is 20.7. The second kappa shape index (κ2) is 13.2. The van der Waals surface area contributed by atoms with Crippen LogP contribution in [0.2, 0.25) is 0 Å². The van der Waals surface area contributed by atoms with E-state index in [0.717, 1.165) is 88.4 Å². The van der Waals surface area contributed by atoms with Crippen LogP contribution >= 0.6 is 0 Å². The first-order valence-corrected chi connectivity index (χ1v) is 20.7. The molecule has 13 rings (SSSR count). The molecule has 0 atom stereocenters. The lowest BCUT2D eigenvalue weighted by molar-refractivity contribution is 0.631. The Labute approximate surface area is 350 Å². The molecule has 0 radical (unpaired) electrons. The Morgan fingerprint density at radius 2 is 0.689 bits per heavy atom. The van der Waals surface area contributed by atoms with E-state index in [9.17, 15) is 0 Å². The van der Waals surface area contributed by atoms with Crippen LogP contribution < -0.4 is 0 Å². The lowest BCUT2D eigenvalue weighted by atomic mass is 9.85. The van der Waals surface area contributed by atoms with Crippen molar-refractivity contribution >= 4 is 76.4 Å². The SMILES string of the molecule is c1ccc(-c2cc3ccc(-c4cccc(-c5c6ccccc6c(-c6cccc(-c7ccc8oc9ccc%10oc%11ccccc%11c%10c9c8c7)c6)c6ccccc56)c4)cc3o2)cc1. The lowest BCUT2D eigenvalue weighted by Gasteiger charge is -2.18. The highest BCUT2D eigenvalue weighted by Gasteiger charge is 2.20. The largest absolute Gasteiger partial charge is 0.456 e. The summed E-state index contributed by atoms with van der Waals surface area (Å²) in [4.78, 5) is 0. The minimum absolute atomic E-state index is 0.861. The number of benzene rings is 10. The smallest absolute Gasteiger partial charge is 0.136 e. The van der Waals surface area contributed by atoms with E-state index in [0.29, 0.717) is 0 Å². The van der Waals surface area contributed by atoms with Crippen LogP contribution in [0, 0.1) is 0 Å². The number of hydrogen-bond donors (Lipinski definition) is 0. The molecule has 0 aliphatic rings. The van der Waals surface area contributed by atoms with Crippen molar-refractivity contribution in [3.05, 3.63) is 206 Å². The number of para-hydroxylation sites is 1. The normalized spacial score (nSPS) is 11.9. The second-order valence-corrected chi connectivity index (χ2v) is 16.0. The molecule has 3 heteroatoms. The molecule has 0 aliphatic heterocycles. The fraction of sp³-hybridized carbons (Fsp3) is 0. The standard InChI is InChI=1S/C58H34O3/c1-2-12-35(13-3-1)53-34-40-25-24-39(33-54(40)61-53)37-15-11-17-42(31-37)56-45-20-6-4-18-43(45)55(44-19-5-7-21-46(44)56)41-16-10-14-36(30-41)38-26-27-50-48(32-38)58-52(60-50)29-28-51-57(58)47-22-8-9-23-49(47)59-51/h1-34H. The van der Waals surface area contributed by atoms with Crippen LogP contribution in [0.4, 0.5) is 0 Å². The van der Waals surface area contributed by atoms with Gasteiger partial charge in [-0.2, -0.15) is 0 Å². The molecule has 0 saturated heterocycles. The van der Waals surface area contributed by atoms with Crippen molar-refractivity contribution in [3.8, 4) is 55.8 Å². The summed E-state index contributed by atoms with van der Waals surface area (Å²) in [5.74, 6) is 0.877. The summed E-state index contributed by atoms with van der Waals surface area (Å²) in [6, 6.07) is 73.4. The van der Waals surface area contributed by atoms with E-state index in [2.05, 4.69) is 164 Å². The molecule has 0 bridgehead atoms. The van der Waals surface area contributed by atoms with Crippen molar-refractivity contribution < 1.29 is 13.3 Å². The van der Waals surface area contributed by atoms with Crippen LogP contribution in [-0.4, -0.2) is 0 Å². The van der Waals surface area contributed by atoms with Crippen molar-refractivity contribution in [2.75, 3.05) is 0 Å². The molecule has 0 fully saturated rings. The predicted molar refractivity (Wildman–Crippen MR) is 253 cm³/mol. The highest BCUT2D eigenvalue weighted by Crippen LogP contribution is 2.46. The van der Waals surface area contributed by atoms with E-state index in [-0.39, 0.29) is 0 Å². The molecule has 284 valence electrons. The van der Waals surface area contributed by atoms with E-state index >= 15 is 0 Å². The Kier molecular flexibility index (Phi) is 7.31. The molecule has 0 N–H and O–H groups in total. The van der Waals surface area contributed by atoms with Crippen molar-refractivity contribution in [1.29, 1.82) is 0 Å². The number of furan rings is 3. The van der Waals surface area contributed by atoms with Crippen molar-refractivity contribution in [1.82, 2.24) is 0 Å². The molecule has 0 aliphatic carbocycles. The van der Waals surface area contributed by atoms with Gasteiger partial charge in [-0.05, 0) is 121 Å². The minimum atomic E-state index is 0.861. The van der Waals surface area contributed by atoms with Crippen LogP contribution in [-0.2, 0) is 0 Å². The summed E-state index contributed by atoms with van der Waals surface area (Å²) >= 11 is 0. The Balaban J connectivity index is 0.946. The zero-order valence-electron chi connectivity index (χ0n) is 32.9. The highest BCUT2D eigenvalue weighted by molar-refractivity contribution is 6.26. The van der Waals surface area contributed by atoms with E-state index in [1.165, 1.54) is 43.8 Å². The van der Waals surface area contributed by atoms with Crippen LogP contribution in [0.25, 0.3) is 132 Å². The van der Waals surface area contributed by atoms with Gasteiger partial charge in [-0.3, -0.25) is 0 Å². The van der Waals surface area contributed by atoms with E-state index in [1.807, 2.05) is 42.5 Å². The van der Waals surface area contributed by atoms with Crippen molar-refractivity contribution in [2.45, 2.75) is 0 Å². The van der Waals surface area contributed by atoms with E-state index in [1.54, 1.807) is 0 Å². The van der Waals surface area contributed by atoms with Crippen LogP contribution in [0.1, 0.15) is 0 Å². The topological polar surface area (TPSA) is 39.4 Å². The number of hydrogen-bond acceptors (Lipinski definition) is 3. The van der Waals surface area contributed by atoms with Gasteiger partial charge in [0, 0.05) is 32.5 Å². The Morgan fingerprint density at radius 3 is 1.33 bits per heavy atom. The molecule has 3 nitrogen and oxygen atoms in total. The summed E-state index contributed by atoms with van der Waals surface area (Å²) in [6.07, 6.45) is 0. The molecular formula is C58H34O3. The number of fused-ring (bicyclic) bond motifs is 10. The van der Waals surface area contributed by atoms with Gasteiger partial charge in [0.2, 0.25) is 0 Å². The molecule has 0 spiro atoms. The average molecular weight is 779 g/mol. The molecule has 13 aromatic rings. The summed E-state index contributed by atoms with van der Waals surface area (Å²) in [6.45, 7) is 0. The molecule has 0 unspecified atom stereocenters. The summed E-state index contributed by atoms with van der Waals surface area (Å²) in [5, 5.41) is 10.3. The third-order valence-corrected chi connectivity index (χ3v) is 12.5. The first kappa shape index (κ1) is 33.8. The van der Waals surface area contributed by atoms with E-state index in [4.69, 9.17) is 13.3 Å². The van der Waals surface area contributed by atoms with Gasteiger partial charge in [-0.1, -0.05) is 152 Å². The molecule has 10 aromatic carbocycles. The second-order valence-electron chi connectivity index (χ2n) is 16.0. The molecule has 61 heavy (non-hydrogen) atoms. The fourth-order valence-electron chi connectivity index (χ4n) is 9.68. The van der Waals surface area contributed by atoms with Crippen LogP contribution in [0.3, 0.4) is 0 Å². The quantitative estimate of drug-likeness (QED) is 0.163. The lowest BCUT2D eigenvalue weighted by Crippen LogP contribution is -1.91. The highest BCUT2D eigenvalue weighted by atomic mass is 16.3. The van der Waals surface area contributed by atoms with Crippen molar-refractivity contribution in [3.63, 3.8) is 0 Å². The predicted octanol–water partition coefficient (Wildman–Crippen LogP) is 16.9. The van der Waals surface area contributed by atoms with Crippen LogP contribution in [0.15, 0.2) is 220 Å². The third kappa shape index (κ3) is 5.31. The fourth-order valence-corrected chi connectivity index (χ4v) is 9.68. The minimum Gasteiger partial charge on any atom is -0.456 e. The third-order valence-electron chi connectivity index (χ3n) is 12.5. The van der Waals surface area contributed by atoms with Gasteiger partial charge < -0.3 is 13.3 Å². The van der Waals surface area contributed by atoms with Gasteiger partial charge in [-0.15, -0.1) is 0 Å². The molecule has 0 amide bonds. The molecular weight excluding hydrogens is 745 g/mol. The van der Waals surface area contributed by atoms with Gasteiger partial charge in [-0.25, -0.2) is 0 Å². The van der Waals surface area contributed by atoms with E-state index < -0.39 is 0 Å². The van der Waals surface area contributed by atoms with Gasteiger partial charge >= 0.3 is 0 Å². The molecule has 3 heterocycles. The van der Waals surface area contributed by atoms with Gasteiger partial charge in [0.05, 0.1) is 0 Å². The maximum atomic E-state index is 6.43. The summed E-state index contributed by atoms with van der Waals surface area (Å²) < 4.78 is 19.1. The van der Waals surface area contributed by atoms with Crippen molar-refractivity contribution in [2.24, 2.45) is 0 Å². The maximum Gasteiger partial charge on any atom is 0.136 e. The Bertz CT molecular complexity index is 3820. The number of rotatable bonds is 5. The van der Waals surface area contributed by atoms with Gasteiger partial charge in [0.1, 0.15) is 33.7 Å². The Hall–Kier alpha value is -8.14. The van der Waals surface area contributed by atoms with Crippen LogP contribution in [0.5, 0.6) is 0 Å².